The number of aromatic nitrogens is 2. The molecule has 4 heterocycles. The first kappa shape index (κ1) is 49.2. The summed E-state index contributed by atoms with van der Waals surface area (Å²) < 4.78 is 51.9. The molecule has 16 nitrogen and oxygen atoms in total. The lowest BCUT2D eigenvalue weighted by Crippen LogP contribution is -2.32. The van der Waals surface area contributed by atoms with Crippen LogP contribution in [0.1, 0.15) is 87.1 Å². The summed E-state index contributed by atoms with van der Waals surface area (Å²) in [6.45, 7) is 15.4. The summed E-state index contributed by atoms with van der Waals surface area (Å²) in [5.74, 6) is 0.0925. The van der Waals surface area contributed by atoms with Crippen LogP contribution in [0.15, 0.2) is 58.4 Å². The SMILES string of the molecule is CCCOCCOCCOCCOCCOCCOCCCCOc1ccc(/C(C)=N/NC(=O)COc2ccc3nc4c(c(CC)c3c2)Cn2c-4cc3c(c2=O)COC(=O)[C@@H]3CC)cc1. The minimum atomic E-state index is -0.467. The van der Waals surface area contributed by atoms with Gasteiger partial charge in [0, 0.05) is 24.2 Å². The highest BCUT2D eigenvalue weighted by molar-refractivity contribution is 5.99. The lowest BCUT2D eigenvalue weighted by atomic mass is 9.90. The standard InChI is InChI=1S/C49H64N4O12/c1-5-16-57-19-21-59-23-25-61-27-28-62-26-24-60-22-20-58-17-8-9-18-63-36-12-10-35(11-13-36)34(4)51-52-46(54)33-64-37-14-15-44-41(29-37)38(6-2)42-31-53-45(47(42)50-44)30-40-39(7-3)49(56)65-32-43(40)48(53)55/h10-15,29-30,39H,5-9,16-28,31-33H2,1-4H3,(H,52,54)/b51-34+/t39-/m1/s1. The molecule has 352 valence electrons. The predicted octanol–water partition coefficient (Wildman–Crippen LogP) is 6.13. The van der Waals surface area contributed by atoms with E-state index in [1.807, 2.05) is 56.3 Å². The fourth-order valence-corrected chi connectivity index (χ4v) is 7.68. The zero-order chi connectivity index (χ0) is 45.8. The number of benzene rings is 2. The minimum Gasteiger partial charge on any atom is -0.494 e. The largest absolute Gasteiger partial charge is 0.494 e. The second-order valence-corrected chi connectivity index (χ2v) is 15.6. The maximum absolute atomic E-state index is 13.6. The predicted molar refractivity (Wildman–Crippen MR) is 245 cm³/mol. The summed E-state index contributed by atoms with van der Waals surface area (Å²) in [5, 5.41) is 5.17. The van der Waals surface area contributed by atoms with Gasteiger partial charge in [-0.2, -0.15) is 5.10 Å². The monoisotopic (exact) mass is 900 g/mol. The van der Waals surface area contributed by atoms with Gasteiger partial charge >= 0.3 is 5.97 Å². The minimum absolute atomic E-state index is 0.0139. The summed E-state index contributed by atoms with van der Waals surface area (Å²) in [5.41, 5.74) is 9.43. The fourth-order valence-electron chi connectivity index (χ4n) is 7.68. The Morgan fingerprint density at radius 3 is 2.00 bits per heavy atom. The third kappa shape index (κ3) is 13.9. The van der Waals surface area contributed by atoms with Crippen molar-refractivity contribution < 1.29 is 52.2 Å². The average Bonchev–Trinajstić information content (AvgIpc) is 3.69. The van der Waals surface area contributed by atoms with E-state index >= 15 is 0 Å². The van der Waals surface area contributed by atoms with Crippen LogP contribution in [0.3, 0.4) is 0 Å². The van der Waals surface area contributed by atoms with Crippen molar-refractivity contribution in [1.29, 1.82) is 0 Å². The Morgan fingerprint density at radius 2 is 1.37 bits per heavy atom. The number of cyclic esters (lactones) is 1. The smallest absolute Gasteiger partial charge is 0.313 e. The van der Waals surface area contributed by atoms with Crippen LogP contribution >= 0.6 is 0 Å². The molecule has 6 rings (SSSR count). The van der Waals surface area contributed by atoms with Gasteiger partial charge in [0.1, 0.15) is 18.1 Å². The molecule has 65 heavy (non-hydrogen) atoms. The van der Waals surface area contributed by atoms with Crippen molar-refractivity contribution >= 4 is 28.5 Å². The van der Waals surface area contributed by atoms with Gasteiger partial charge < -0.3 is 47.2 Å². The van der Waals surface area contributed by atoms with Crippen LogP contribution in [0.2, 0.25) is 0 Å². The van der Waals surface area contributed by atoms with E-state index in [-0.39, 0.29) is 24.7 Å². The van der Waals surface area contributed by atoms with Gasteiger partial charge in [0.05, 0.1) is 113 Å². The third-order valence-corrected chi connectivity index (χ3v) is 11.1. The Hall–Kier alpha value is -5.23. The number of ether oxygens (including phenoxy) is 9. The molecule has 1 atom stereocenters. The molecule has 2 aliphatic heterocycles. The van der Waals surface area contributed by atoms with Crippen molar-refractivity contribution in [2.75, 3.05) is 92.5 Å². The van der Waals surface area contributed by atoms with Crippen LogP contribution < -0.4 is 20.5 Å². The summed E-state index contributed by atoms with van der Waals surface area (Å²) in [6.07, 6.45) is 3.98. The Kier molecular flexibility index (Phi) is 19.7. The number of hydrazone groups is 1. The molecular weight excluding hydrogens is 837 g/mol. The summed E-state index contributed by atoms with van der Waals surface area (Å²) in [7, 11) is 0. The van der Waals surface area contributed by atoms with Gasteiger partial charge in [0.15, 0.2) is 6.61 Å². The summed E-state index contributed by atoms with van der Waals surface area (Å²) in [6, 6.07) is 15.0. The number of hydrogen-bond donors (Lipinski definition) is 1. The number of amides is 1. The molecule has 2 aromatic carbocycles. The maximum atomic E-state index is 13.6. The van der Waals surface area contributed by atoms with E-state index in [1.165, 1.54) is 0 Å². The van der Waals surface area contributed by atoms with E-state index < -0.39 is 11.8 Å². The topological polar surface area (TPSA) is 176 Å². The Bertz CT molecular complexity index is 2260. The normalized spacial score (nSPS) is 14.2. The first-order valence-corrected chi connectivity index (χ1v) is 22.9. The van der Waals surface area contributed by atoms with Gasteiger partial charge in [-0.15, -0.1) is 0 Å². The molecule has 0 saturated carbocycles. The third-order valence-electron chi connectivity index (χ3n) is 11.1. The molecule has 0 spiro atoms. The van der Waals surface area contributed by atoms with Gasteiger partial charge in [-0.05, 0) is 104 Å². The number of nitrogens with zero attached hydrogens (tertiary/aromatic N) is 3. The molecule has 0 fully saturated rings. The van der Waals surface area contributed by atoms with Crippen LogP contribution in [0.4, 0.5) is 0 Å². The van der Waals surface area contributed by atoms with Gasteiger partial charge in [0.25, 0.3) is 11.5 Å². The number of carbonyl (C=O) groups is 2. The van der Waals surface area contributed by atoms with Gasteiger partial charge in [-0.1, -0.05) is 20.8 Å². The second kappa shape index (κ2) is 26.1. The highest BCUT2D eigenvalue weighted by Gasteiger charge is 2.34. The number of esters is 1. The number of rotatable bonds is 30. The molecule has 0 unspecified atom stereocenters. The number of hydrogen-bond acceptors (Lipinski definition) is 14. The van der Waals surface area contributed by atoms with E-state index in [4.69, 9.17) is 47.6 Å². The Morgan fingerprint density at radius 1 is 0.754 bits per heavy atom. The molecule has 16 heteroatoms. The summed E-state index contributed by atoms with van der Waals surface area (Å²) in [4.78, 5) is 43.9. The maximum Gasteiger partial charge on any atom is 0.313 e. The number of unbranched alkanes of at least 4 members (excludes halogenated alkanes) is 1. The zero-order valence-corrected chi connectivity index (χ0v) is 38.3. The molecule has 0 saturated heterocycles. The highest BCUT2D eigenvalue weighted by atomic mass is 16.6. The van der Waals surface area contributed by atoms with E-state index in [0.29, 0.717) is 116 Å². The Labute approximate surface area is 380 Å². The van der Waals surface area contributed by atoms with Crippen LogP contribution in [-0.4, -0.2) is 120 Å². The molecule has 2 aromatic heterocycles. The highest BCUT2D eigenvalue weighted by Crippen LogP contribution is 2.39. The summed E-state index contributed by atoms with van der Waals surface area (Å²) >= 11 is 0. The quantitative estimate of drug-likeness (QED) is 0.0242. The van der Waals surface area contributed by atoms with E-state index in [2.05, 4.69) is 24.4 Å². The number of aryl methyl sites for hydroxylation is 1. The molecule has 2 aliphatic rings. The molecular formula is C49H64N4O12. The van der Waals surface area contributed by atoms with Crippen LogP contribution in [0, 0.1) is 0 Å². The van der Waals surface area contributed by atoms with Crippen molar-refractivity contribution in [3.8, 4) is 22.9 Å². The molecule has 0 radical (unpaired) electrons. The van der Waals surface area contributed by atoms with Crippen molar-refractivity contribution in [2.24, 2.45) is 5.10 Å². The van der Waals surface area contributed by atoms with Crippen LogP contribution in [0.5, 0.6) is 11.5 Å². The molecule has 0 bridgehead atoms. The molecule has 4 aromatic rings. The van der Waals surface area contributed by atoms with Crippen molar-refractivity contribution in [1.82, 2.24) is 15.0 Å². The van der Waals surface area contributed by atoms with E-state index in [9.17, 15) is 14.4 Å². The van der Waals surface area contributed by atoms with E-state index in [0.717, 1.165) is 76.2 Å². The molecule has 1 N–H and O–H groups in total. The number of fused-ring (bicyclic) bond motifs is 5. The second-order valence-electron chi connectivity index (χ2n) is 15.6. The Balaban J connectivity index is 0.837. The molecule has 1 amide bonds. The van der Waals surface area contributed by atoms with E-state index in [1.54, 1.807) is 10.6 Å². The fraction of sp³-hybridized carbons (Fsp3) is 0.531. The lowest BCUT2D eigenvalue weighted by molar-refractivity contribution is -0.148. The van der Waals surface area contributed by atoms with Crippen molar-refractivity contribution in [3.05, 3.63) is 86.7 Å². The molecule has 0 aliphatic carbocycles. The number of nitrogens with one attached hydrogen (secondary N) is 1. The van der Waals surface area contributed by atoms with Crippen molar-refractivity contribution in [2.45, 2.75) is 78.9 Å². The van der Waals surface area contributed by atoms with Gasteiger partial charge in [-0.3, -0.25) is 14.4 Å². The van der Waals surface area contributed by atoms with Gasteiger partial charge in [0.2, 0.25) is 0 Å². The first-order valence-electron chi connectivity index (χ1n) is 22.9. The first-order chi connectivity index (χ1) is 31.8. The van der Waals surface area contributed by atoms with Crippen LogP contribution in [0.25, 0.3) is 22.3 Å². The van der Waals surface area contributed by atoms with Gasteiger partial charge in [-0.25, -0.2) is 10.4 Å². The van der Waals surface area contributed by atoms with Crippen molar-refractivity contribution in [3.63, 3.8) is 0 Å². The number of carbonyl (C=O) groups excluding carboxylic acids is 2. The zero-order valence-electron chi connectivity index (χ0n) is 38.3. The average molecular weight is 901 g/mol. The lowest BCUT2D eigenvalue weighted by Gasteiger charge is -2.24. The van der Waals surface area contributed by atoms with Crippen LogP contribution in [-0.2, 0) is 62.3 Å². The number of pyridine rings is 2.